The molecule has 15 heavy (non-hydrogen) atoms. The fourth-order valence-electron chi connectivity index (χ4n) is 1.06. The molecular formula is C13H19NO. The van der Waals surface area contributed by atoms with Crippen molar-refractivity contribution in [2.75, 3.05) is 0 Å². The van der Waals surface area contributed by atoms with Crippen LogP contribution in [0.4, 0.5) is 0 Å². The average molecular weight is 205 g/mol. The second-order valence-electron chi connectivity index (χ2n) is 4.76. The lowest BCUT2D eigenvalue weighted by atomic mass is 10.00. The molecule has 1 atom stereocenters. The van der Waals surface area contributed by atoms with Gasteiger partial charge in [0.25, 0.3) is 0 Å². The van der Waals surface area contributed by atoms with E-state index < -0.39 is 0 Å². The molecule has 0 spiro atoms. The summed E-state index contributed by atoms with van der Waals surface area (Å²) in [6, 6.07) is 10.1. The Hall–Kier alpha value is -1.31. The normalized spacial score (nSPS) is 14.1. The van der Waals surface area contributed by atoms with Crippen LogP contribution >= 0.6 is 0 Å². The van der Waals surface area contributed by atoms with Crippen LogP contribution in [0, 0.1) is 5.41 Å². The lowest BCUT2D eigenvalue weighted by molar-refractivity contribution is 0.0718. The molecule has 0 saturated heterocycles. The Morgan fingerprint density at radius 3 is 2.33 bits per heavy atom. The Morgan fingerprint density at radius 2 is 1.80 bits per heavy atom. The van der Waals surface area contributed by atoms with Gasteiger partial charge in [-0.15, -0.1) is 0 Å². The van der Waals surface area contributed by atoms with Gasteiger partial charge in [-0.3, -0.25) is 0 Å². The summed E-state index contributed by atoms with van der Waals surface area (Å²) in [6.07, 6.45) is 1.83. The molecule has 0 fully saturated rings. The molecule has 0 aromatic heterocycles. The first kappa shape index (κ1) is 11.8. The quantitative estimate of drug-likeness (QED) is 0.543. The van der Waals surface area contributed by atoms with Gasteiger partial charge in [0.15, 0.2) is 0 Å². The van der Waals surface area contributed by atoms with Crippen LogP contribution in [-0.2, 0) is 4.84 Å². The van der Waals surface area contributed by atoms with Crippen molar-refractivity contribution in [3.8, 4) is 0 Å². The summed E-state index contributed by atoms with van der Waals surface area (Å²) in [6.45, 7) is 8.27. The fourth-order valence-corrected chi connectivity index (χ4v) is 1.06. The molecule has 0 amide bonds. The van der Waals surface area contributed by atoms with E-state index in [9.17, 15) is 0 Å². The summed E-state index contributed by atoms with van der Waals surface area (Å²) in [7, 11) is 0. The van der Waals surface area contributed by atoms with E-state index in [1.165, 1.54) is 0 Å². The van der Waals surface area contributed by atoms with Crippen molar-refractivity contribution >= 4 is 6.21 Å². The number of rotatable bonds is 3. The first-order valence-electron chi connectivity index (χ1n) is 5.24. The highest BCUT2D eigenvalue weighted by Crippen LogP contribution is 2.17. The van der Waals surface area contributed by atoms with Gasteiger partial charge in [-0.2, -0.15) is 0 Å². The summed E-state index contributed by atoms with van der Waals surface area (Å²) >= 11 is 0. The summed E-state index contributed by atoms with van der Waals surface area (Å²) < 4.78 is 0. The Kier molecular flexibility index (Phi) is 3.89. The number of hydrogen-bond donors (Lipinski definition) is 0. The van der Waals surface area contributed by atoms with Gasteiger partial charge in [-0.1, -0.05) is 56.3 Å². The molecule has 1 aromatic rings. The molecule has 1 aromatic carbocycles. The molecule has 0 radical (unpaired) electrons. The van der Waals surface area contributed by atoms with Crippen LogP contribution in [0.25, 0.3) is 0 Å². The van der Waals surface area contributed by atoms with Gasteiger partial charge in [0.2, 0.25) is 0 Å². The second-order valence-corrected chi connectivity index (χ2v) is 4.76. The van der Waals surface area contributed by atoms with E-state index in [0.29, 0.717) is 0 Å². The van der Waals surface area contributed by atoms with Crippen LogP contribution in [-0.4, -0.2) is 6.21 Å². The number of benzene rings is 1. The minimum absolute atomic E-state index is 0.00444. The molecule has 1 unspecified atom stereocenters. The zero-order chi connectivity index (χ0) is 11.3. The van der Waals surface area contributed by atoms with Crippen molar-refractivity contribution in [3.63, 3.8) is 0 Å². The third-order valence-electron chi connectivity index (χ3n) is 1.93. The van der Waals surface area contributed by atoms with Crippen LogP contribution in [0.15, 0.2) is 35.5 Å². The Balaban J connectivity index is 2.51. The van der Waals surface area contributed by atoms with E-state index in [0.717, 1.165) is 5.56 Å². The molecule has 1 rings (SSSR count). The Labute approximate surface area is 91.9 Å². The number of nitrogens with zero attached hydrogens (tertiary/aromatic N) is 1. The van der Waals surface area contributed by atoms with E-state index >= 15 is 0 Å². The first-order valence-corrected chi connectivity index (χ1v) is 5.24. The van der Waals surface area contributed by atoms with Crippen molar-refractivity contribution in [1.29, 1.82) is 0 Å². The smallest absolute Gasteiger partial charge is 0.149 e. The molecule has 0 N–H and O–H groups in total. The maximum atomic E-state index is 5.37. The van der Waals surface area contributed by atoms with E-state index in [2.05, 4.69) is 25.9 Å². The standard InChI is InChI=1S/C13H19NO/c1-11(12-8-6-5-7-9-12)15-14-10-13(2,3)4/h5-11H,1-4H3/b14-10-. The monoisotopic (exact) mass is 205 g/mol. The topological polar surface area (TPSA) is 21.6 Å². The predicted octanol–water partition coefficient (Wildman–Crippen LogP) is 3.80. The SMILES string of the molecule is CC(O/N=C\C(C)(C)C)c1ccccc1. The average Bonchev–Trinajstić information content (AvgIpc) is 2.17. The minimum atomic E-state index is 0.00444. The van der Waals surface area contributed by atoms with Gasteiger partial charge in [0.1, 0.15) is 6.10 Å². The van der Waals surface area contributed by atoms with Gasteiger partial charge in [-0.05, 0) is 12.5 Å². The minimum Gasteiger partial charge on any atom is -0.388 e. The molecule has 0 aliphatic carbocycles. The lowest BCUT2D eigenvalue weighted by Gasteiger charge is -2.12. The molecule has 0 saturated carbocycles. The van der Waals surface area contributed by atoms with Crippen LogP contribution in [0.5, 0.6) is 0 Å². The van der Waals surface area contributed by atoms with E-state index in [1.807, 2.05) is 43.5 Å². The van der Waals surface area contributed by atoms with E-state index in [-0.39, 0.29) is 11.5 Å². The van der Waals surface area contributed by atoms with Gasteiger partial charge in [-0.25, -0.2) is 0 Å². The van der Waals surface area contributed by atoms with Crippen LogP contribution < -0.4 is 0 Å². The second kappa shape index (κ2) is 4.96. The maximum Gasteiger partial charge on any atom is 0.149 e. The molecule has 82 valence electrons. The van der Waals surface area contributed by atoms with Crippen molar-refractivity contribution in [2.45, 2.75) is 33.8 Å². The van der Waals surface area contributed by atoms with Gasteiger partial charge >= 0.3 is 0 Å². The zero-order valence-corrected chi connectivity index (χ0v) is 9.90. The Morgan fingerprint density at radius 1 is 1.20 bits per heavy atom. The molecule has 0 bridgehead atoms. The van der Waals surface area contributed by atoms with Gasteiger partial charge < -0.3 is 4.84 Å². The highest BCUT2D eigenvalue weighted by molar-refractivity contribution is 5.63. The van der Waals surface area contributed by atoms with Crippen molar-refractivity contribution in [2.24, 2.45) is 10.6 Å². The van der Waals surface area contributed by atoms with Crippen molar-refractivity contribution in [3.05, 3.63) is 35.9 Å². The summed E-state index contributed by atoms with van der Waals surface area (Å²) in [5, 5.41) is 3.99. The highest BCUT2D eigenvalue weighted by atomic mass is 16.6. The van der Waals surface area contributed by atoms with Gasteiger partial charge in [0, 0.05) is 11.6 Å². The third-order valence-corrected chi connectivity index (χ3v) is 1.93. The fraction of sp³-hybridized carbons (Fsp3) is 0.462. The van der Waals surface area contributed by atoms with Crippen LogP contribution in [0.3, 0.4) is 0 Å². The summed E-state index contributed by atoms with van der Waals surface area (Å²) in [5.41, 5.74) is 1.21. The molecule has 0 heterocycles. The molecule has 0 aliphatic rings. The predicted molar refractivity (Wildman–Crippen MR) is 63.9 cm³/mol. The summed E-state index contributed by atoms with van der Waals surface area (Å²) in [5.74, 6) is 0. The number of oxime groups is 1. The lowest BCUT2D eigenvalue weighted by Crippen LogP contribution is -2.07. The largest absolute Gasteiger partial charge is 0.388 e. The van der Waals surface area contributed by atoms with Crippen molar-refractivity contribution < 1.29 is 4.84 Å². The molecule has 0 aliphatic heterocycles. The molecule has 2 nitrogen and oxygen atoms in total. The molecule has 2 heteroatoms. The molecular weight excluding hydrogens is 186 g/mol. The Bertz CT molecular complexity index is 311. The van der Waals surface area contributed by atoms with E-state index in [4.69, 9.17) is 4.84 Å². The van der Waals surface area contributed by atoms with Crippen LogP contribution in [0.1, 0.15) is 39.4 Å². The van der Waals surface area contributed by atoms with E-state index in [1.54, 1.807) is 0 Å². The van der Waals surface area contributed by atoms with Gasteiger partial charge in [0.05, 0.1) is 0 Å². The zero-order valence-electron chi connectivity index (χ0n) is 9.90. The first-order chi connectivity index (χ1) is 6.99. The third kappa shape index (κ3) is 4.63. The van der Waals surface area contributed by atoms with Crippen LogP contribution in [0.2, 0.25) is 0 Å². The highest BCUT2D eigenvalue weighted by Gasteiger charge is 2.07. The van der Waals surface area contributed by atoms with Crippen molar-refractivity contribution in [1.82, 2.24) is 0 Å². The number of hydrogen-bond acceptors (Lipinski definition) is 2. The maximum absolute atomic E-state index is 5.37. The summed E-state index contributed by atoms with van der Waals surface area (Å²) in [4.78, 5) is 5.37.